The Morgan fingerprint density at radius 2 is 1.66 bits per heavy atom. The Hall–Kier alpha value is -3.08. The van der Waals surface area contributed by atoms with Crippen molar-refractivity contribution >= 4 is 28.2 Å². The fourth-order valence-electron chi connectivity index (χ4n) is 3.88. The standard InChI is InChI=1S/C24H27N3O2/c1-5-27-22-13-12-19(14-21(22)20(15-23(27)28)16-6-7-16)26(4)24(29)17-8-10-18(11-9-17)25(2)3/h8-16H,5-7H2,1-4H3. The van der Waals surface area contributed by atoms with E-state index in [0.29, 0.717) is 18.0 Å². The van der Waals surface area contributed by atoms with Gasteiger partial charge in [0.05, 0.1) is 5.52 Å². The second kappa shape index (κ2) is 7.39. The van der Waals surface area contributed by atoms with Gasteiger partial charge < -0.3 is 14.4 Å². The van der Waals surface area contributed by atoms with Crippen LogP contribution in [-0.4, -0.2) is 31.6 Å². The molecule has 1 aliphatic rings. The predicted octanol–water partition coefficient (Wildman–Crippen LogP) is 4.24. The Morgan fingerprint density at radius 3 is 2.24 bits per heavy atom. The van der Waals surface area contributed by atoms with Gasteiger partial charge in [-0.15, -0.1) is 0 Å². The molecular formula is C24H27N3O2. The van der Waals surface area contributed by atoms with E-state index in [1.54, 1.807) is 22.6 Å². The molecule has 29 heavy (non-hydrogen) atoms. The van der Waals surface area contributed by atoms with E-state index in [1.807, 2.05) is 62.3 Å². The summed E-state index contributed by atoms with van der Waals surface area (Å²) < 4.78 is 1.80. The van der Waals surface area contributed by atoms with Crippen molar-refractivity contribution in [3.8, 4) is 0 Å². The van der Waals surface area contributed by atoms with Crippen LogP contribution in [0.15, 0.2) is 53.3 Å². The Balaban J connectivity index is 1.73. The number of amides is 1. The van der Waals surface area contributed by atoms with Crippen LogP contribution >= 0.6 is 0 Å². The third-order valence-corrected chi connectivity index (χ3v) is 5.78. The van der Waals surface area contributed by atoms with Crippen LogP contribution in [0, 0.1) is 0 Å². The van der Waals surface area contributed by atoms with Crippen LogP contribution in [0.2, 0.25) is 0 Å². The average molecular weight is 389 g/mol. The van der Waals surface area contributed by atoms with Crippen molar-refractivity contribution in [2.45, 2.75) is 32.2 Å². The van der Waals surface area contributed by atoms with Crippen LogP contribution in [0.25, 0.3) is 10.9 Å². The molecular weight excluding hydrogens is 362 g/mol. The normalized spacial score (nSPS) is 13.5. The molecule has 4 rings (SSSR count). The quantitative estimate of drug-likeness (QED) is 0.656. The zero-order chi connectivity index (χ0) is 20.7. The summed E-state index contributed by atoms with van der Waals surface area (Å²) in [6.45, 7) is 2.62. The van der Waals surface area contributed by atoms with Crippen molar-refractivity contribution in [3.63, 3.8) is 0 Å². The molecule has 0 bridgehead atoms. The highest BCUT2D eigenvalue weighted by atomic mass is 16.2. The van der Waals surface area contributed by atoms with Gasteiger partial charge in [0.2, 0.25) is 0 Å². The molecule has 0 saturated heterocycles. The lowest BCUT2D eigenvalue weighted by atomic mass is 10.0. The molecule has 5 heteroatoms. The summed E-state index contributed by atoms with van der Waals surface area (Å²) in [5.74, 6) is 0.415. The first-order valence-corrected chi connectivity index (χ1v) is 10.1. The van der Waals surface area contributed by atoms with E-state index in [2.05, 4.69) is 6.07 Å². The molecule has 5 nitrogen and oxygen atoms in total. The van der Waals surface area contributed by atoms with Gasteiger partial charge in [-0.3, -0.25) is 9.59 Å². The van der Waals surface area contributed by atoms with Crippen LogP contribution in [-0.2, 0) is 6.54 Å². The zero-order valence-electron chi connectivity index (χ0n) is 17.5. The topological polar surface area (TPSA) is 45.6 Å². The highest BCUT2D eigenvalue weighted by Gasteiger charge is 2.27. The minimum absolute atomic E-state index is 0.0496. The van der Waals surface area contributed by atoms with E-state index >= 15 is 0 Å². The van der Waals surface area contributed by atoms with E-state index in [0.717, 1.165) is 40.7 Å². The third-order valence-electron chi connectivity index (χ3n) is 5.78. The lowest BCUT2D eigenvalue weighted by Gasteiger charge is -2.20. The second-order valence-electron chi connectivity index (χ2n) is 7.96. The van der Waals surface area contributed by atoms with Crippen LogP contribution in [0.4, 0.5) is 11.4 Å². The second-order valence-corrected chi connectivity index (χ2v) is 7.96. The van der Waals surface area contributed by atoms with Crippen molar-refractivity contribution in [3.05, 3.63) is 70.0 Å². The summed E-state index contributed by atoms with van der Waals surface area (Å²) in [5, 5.41) is 1.08. The van der Waals surface area contributed by atoms with Crippen molar-refractivity contribution in [2.75, 3.05) is 30.9 Å². The van der Waals surface area contributed by atoms with Crippen LogP contribution in [0.5, 0.6) is 0 Å². The van der Waals surface area contributed by atoms with Crippen LogP contribution in [0.1, 0.15) is 41.6 Å². The first-order valence-electron chi connectivity index (χ1n) is 10.1. The van der Waals surface area contributed by atoms with Crippen molar-refractivity contribution < 1.29 is 4.79 Å². The summed E-state index contributed by atoms with van der Waals surface area (Å²) in [7, 11) is 5.76. The minimum Gasteiger partial charge on any atom is -0.378 e. The van der Waals surface area contributed by atoms with Gasteiger partial charge in [0.25, 0.3) is 11.5 Å². The molecule has 1 aromatic heterocycles. The van der Waals surface area contributed by atoms with Crippen molar-refractivity contribution in [2.24, 2.45) is 0 Å². The lowest BCUT2D eigenvalue weighted by Crippen LogP contribution is -2.26. The van der Waals surface area contributed by atoms with Crippen LogP contribution in [0.3, 0.4) is 0 Å². The molecule has 0 aliphatic heterocycles. The molecule has 0 radical (unpaired) electrons. The summed E-state index contributed by atoms with van der Waals surface area (Å²) in [6, 6.07) is 15.4. The summed E-state index contributed by atoms with van der Waals surface area (Å²) in [6.07, 6.45) is 2.25. The minimum atomic E-state index is -0.0496. The number of benzene rings is 2. The molecule has 1 amide bonds. The number of carbonyl (C=O) groups excluding carboxylic acids is 1. The molecule has 0 atom stereocenters. The first kappa shape index (κ1) is 19.2. The summed E-state index contributed by atoms with van der Waals surface area (Å²) >= 11 is 0. The number of aromatic nitrogens is 1. The van der Waals surface area contributed by atoms with Gasteiger partial charge in [-0.1, -0.05) is 0 Å². The van der Waals surface area contributed by atoms with Crippen LogP contribution < -0.4 is 15.4 Å². The molecule has 0 unspecified atom stereocenters. The number of nitrogens with zero attached hydrogens (tertiary/aromatic N) is 3. The number of hydrogen-bond donors (Lipinski definition) is 0. The Labute approximate surface area is 171 Å². The third kappa shape index (κ3) is 3.53. The van der Waals surface area contributed by atoms with Gasteiger partial charge in [0.1, 0.15) is 0 Å². The van der Waals surface area contributed by atoms with Crippen molar-refractivity contribution in [1.82, 2.24) is 4.57 Å². The summed E-state index contributed by atoms with van der Waals surface area (Å²) in [4.78, 5) is 29.2. The molecule has 1 saturated carbocycles. The molecule has 1 aliphatic carbocycles. The fourth-order valence-corrected chi connectivity index (χ4v) is 3.88. The smallest absolute Gasteiger partial charge is 0.258 e. The number of carbonyl (C=O) groups is 1. The van der Waals surface area contributed by atoms with E-state index in [4.69, 9.17) is 0 Å². The first-order chi connectivity index (χ1) is 13.9. The SMILES string of the molecule is CCn1c(=O)cc(C2CC2)c2cc(N(C)C(=O)c3ccc(N(C)C)cc3)ccc21. The maximum Gasteiger partial charge on any atom is 0.258 e. The molecule has 1 heterocycles. The van der Waals surface area contributed by atoms with Gasteiger partial charge in [0, 0.05) is 56.1 Å². The number of anilines is 2. The van der Waals surface area contributed by atoms with Crippen molar-refractivity contribution in [1.29, 1.82) is 0 Å². The Bertz CT molecular complexity index is 1130. The van der Waals surface area contributed by atoms with E-state index in [-0.39, 0.29) is 11.5 Å². The number of rotatable bonds is 5. The maximum absolute atomic E-state index is 13.0. The molecule has 150 valence electrons. The van der Waals surface area contributed by atoms with Gasteiger partial charge in [-0.2, -0.15) is 0 Å². The highest BCUT2D eigenvalue weighted by molar-refractivity contribution is 6.06. The van der Waals surface area contributed by atoms with E-state index in [1.165, 1.54) is 0 Å². The number of fused-ring (bicyclic) bond motifs is 1. The Morgan fingerprint density at radius 1 is 1.00 bits per heavy atom. The Kier molecular flexibility index (Phi) is 4.91. The molecule has 2 aromatic carbocycles. The molecule has 1 fully saturated rings. The predicted molar refractivity (Wildman–Crippen MR) is 119 cm³/mol. The monoisotopic (exact) mass is 389 g/mol. The van der Waals surface area contributed by atoms with Gasteiger partial charge in [0.15, 0.2) is 0 Å². The average Bonchev–Trinajstić information content (AvgIpc) is 3.57. The highest BCUT2D eigenvalue weighted by Crippen LogP contribution is 2.43. The zero-order valence-corrected chi connectivity index (χ0v) is 17.5. The van der Waals surface area contributed by atoms with E-state index < -0.39 is 0 Å². The summed E-state index contributed by atoms with van der Waals surface area (Å²) in [5.41, 5.74) is 4.66. The van der Waals surface area contributed by atoms with Gasteiger partial charge in [-0.05, 0) is 73.7 Å². The number of pyridine rings is 1. The van der Waals surface area contributed by atoms with Gasteiger partial charge >= 0.3 is 0 Å². The number of aryl methyl sites for hydroxylation is 1. The maximum atomic E-state index is 13.0. The molecule has 0 N–H and O–H groups in total. The number of hydrogen-bond acceptors (Lipinski definition) is 3. The fraction of sp³-hybridized carbons (Fsp3) is 0.333. The largest absolute Gasteiger partial charge is 0.378 e. The molecule has 3 aromatic rings. The lowest BCUT2D eigenvalue weighted by molar-refractivity contribution is 0.0993. The molecule has 0 spiro atoms. The van der Waals surface area contributed by atoms with E-state index in [9.17, 15) is 9.59 Å². The van der Waals surface area contributed by atoms with Gasteiger partial charge in [-0.25, -0.2) is 0 Å².